The van der Waals surface area contributed by atoms with Gasteiger partial charge in [-0.1, -0.05) is 6.08 Å². The van der Waals surface area contributed by atoms with Crippen molar-refractivity contribution in [2.75, 3.05) is 19.1 Å². The van der Waals surface area contributed by atoms with E-state index in [0.29, 0.717) is 6.04 Å². The summed E-state index contributed by atoms with van der Waals surface area (Å²) in [5.41, 5.74) is 1.17. The molecule has 0 spiro atoms. The molecule has 0 aromatic heterocycles. The molecule has 0 aliphatic rings. The molecule has 0 aliphatic carbocycles. The fourth-order valence-electron chi connectivity index (χ4n) is 1.21. The topological polar surface area (TPSA) is 12.5 Å². The Bertz CT molecular complexity index is 292. The third kappa shape index (κ3) is 2.28. The van der Waals surface area contributed by atoms with Crippen LogP contribution in [0.4, 0.5) is 5.69 Å². The van der Waals surface area contributed by atoms with Gasteiger partial charge < -0.3 is 9.64 Å². The largest absolute Gasteiger partial charge is 0.497 e. The van der Waals surface area contributed by atoms with Gasteiger partial charge in [0.1, 0.15) is 5.75 Å². The lowest BCUT2D eigenvalue weighted by Gasteiger charge is -2.24. The van der Waals surface area contributed by atoms with Crippen LogP contribution in [0, 0.1) is 0 Å². The van der Waals surface area contributed by atoms with Crippen LogP contribution in [0.25, 0.3) is 0 Å². The monoisotopic (exact) mass is 191 g/mol. The molecule has 0 amide bonds. The van der Waals surface area contributed by atoms with Crippen LogP contribution in [0.5, 0.6) is 5.75 Å². The number of likely N-dealkylation sites (N-methyl/N-ethyl adjacent to an activating group) is 1. The molecule has 0 radical (unpaired) electrons. The lowest BCUT2D eigenvalue weighted by atomic mass is 10.2. The van der Waals surface area contributed by atoms with Crippen molar-refractivity contribution in [3.63, 3.8) is 0 Å². The van der Waals surface area contributed by atoms with Gasteiger partial charge in [0.2, 0.25) is 0 Å². The van der Waals surface area contributed by atoms with E-state index >= 15 is 0 Å². The Kier molecular flexibility index (Phi) is 3.57. The Morgan fingerprint density at radius 1 is 1.36 bits per heavy atom. The van der Waals surface area contributed by atoms with Crippen molar-refractivity contribution in [1.82, 2.24) is 0 Å². The highest BCUT2D eigenvalue weighted by Crippen LogP contribution is 2.19. The zero-order valence-corrected chi connectivity index (χ0v) is 9.03. The first-order valence-electron chi connectivity index (χ1n) is 4.68. The zero-order valence-electron chi connectivity index (χ0n) is 9.03. The van der Waals surface area contributed by atoms with Crippen LogP contribution < -0.4 is 9.64 Å². The van der Waals surface area contributed by atoms with Crippen molar-refractivity contribution in [3.8, 4) is 5.75 Å². The smallest absolute Gasteiger partial charge is 0.119 e. The molecule has 0 bridgehead atoms. The first-order valence-corrected chi connectivity index (χ1v) is 4.68. The minimum Gasteiger partial charge on any atom is -0.497 e. The Labute approximate surface area is 85.8 Å². The number of hydrogen-bond donors (Lipinski definition) is 0. The van der Waals surface area contributed by atoms with Crippen molar-refractivity contribution in [3.05, 3.63) is 36.9 Å². The Hall–Kier alpha value is -1.44. The summed E-state index contributed by atoms with van der Waals surface area (Å²) in [6.45, 7) is 5.88. The van der Waals surface area contributed by atoms with Gasteiger partial charge in [0.05, 0.1) is 7.11 Å². The van der Waals surface area contributed by atoms with Gasteiger partial charge >= 0.3 is 0 Å². The summed E-state index contributed by atoms with van der Waals surface area (Å²) >= 11 is 0. The average Bonchev–Trinajstić information content (AvgIpc) is 2.27. The minimum absolute atomic E-state index is 0.336. The van der Waals surface area contributed by atoms with Crippen molar-refractivity contribution in [1.29, 1.82) is 0 Å². The van der Waals surface area contributed by atoms with Gasteiger partial charge in [-0.25, -0.2) is 0 Å². The van der Waals surface area contributed by atoms with E-state index in [2.05, 4.69) is 18.4 Å². The highest BCUT2D eigenvalue weighted by atomic mass is 16.5. The maximum atomic E-state index is 5.10. The Balaban J connectivity index is 2.80. The second-order valence-corrected chi connectivity index (χ2v) is 3.29. The summed E-state index contributed by atoms with van der Waals surface area (Å²) in [5.74, 6) is 0.883. The van der Waals surface area contributed by atoms with E-state index < -0.39 is 0 Å². The number of benzene rings is 1. The number of ether oxygens (including phenoxy) is 1. The maximum absolute atomic E-state index is 5.10. The summed E-state index contributed by atoms with van der Waals surface area (Å²) < 4.78 is 5.10. The van der Waals surface area contributed by atoms with E-state index in [-0.39, 0.29) is 0 Å². The fraction of sp³-hybridized carbons (Fsp3) is 0.333. The number of methoxy groups -OCH3 is 1. The van der Waals surface area contributed by atoms with Gasteiger partial charge in [-0.05, 0) is 31.2 Å². The molecule has 0 N–H and O–H groups in total. The molecule has 1 rings (SSSR count). The molecule has 0 saturated heterocycles. The molecule has 0 heterocycles. The maximum Gasteiger partial charge on any atom is 0.119 e. The standard InChI is InChI=1S/C12H17NO/c1-5-10(2)13(3)11-6-8-12(14-4)9-7-11/h5-10H,1H2,2-4H3. The molecule has 0 saturated carbocycles. The molecule has 1 aromatic carbocycles. The van der Waals surface area contributed by atoms with Crippen molar-refractivity contribution < 1.29 is 4.74 Å². The van der Waals surface area contributed by atoms with Crippen LogP contribution in [0.2, 0.25) is 0 Å². The lowest BCUT2D eigenvalue weighted by Crippen LogP contribution is -2.26. The summed E-state index contributed by atoms with van der Waals surface area (Å²) in [6.07, 6.45) is 1.92. The Morgan fingerprint density at radius 3 is 2.36 bits per heavy atom. The van der Waals surface area contributed by atoms with E-state index in [4.69, 9.17) is 4.74 Å². The number of rotatable bonds is 4. The summed E-state index contributed by atoms with van der Waals surface area (Å²) in [6, 6.07) is 8.34. The van der Waals surface area contributed by atoms with Crippen LogP contribution in [-0.4, -0.2) is 20.2 Å². The molecule has 76 valence electrons. The minimum atomic E-state index is 0.336. The molecular weight excluding hydrogens is 174 g/mol. The average molecular weight is 191 g/mol. The van der Waals surface area contributed by atoms with Gasteiger partial charge in [0.25, 0.3) is 0 Å². The second kappa shape index (κ2) is 4.70. The van der Waals surface area contributed by atoms with Crippen LogP contribution in [0.1, 0.15) is 6.92 Å². The normalized spacial score (nSPS) is 11.9. The molecule has 1 atom stereocenters. The van der Waals surface area contributed by atoms with Crippen LogP contribution >= 0.6 is 0 Å². The zero-order chi connectivity index (χ0) is 10.6. The molecular formula is C12H17NO. The summed E-state index contributed by atoms with van der Waals surface area (Å²) in [5, 5.41) is 0. The fourth-order valence-corrected chi connectivity index (χ4v) is 1.21. The predicted octanol–water partition coefficient (Wildman–Crippen LogP) is 2.71. The number of hydrogen-bond acceptors (Lipinski definition) is 2. The van der Waals surface area contributed by atoms with Crippen molar-refractivity contribution in [2.45, 2.75) is 13.0 Å². The highest BCUT2D eigenvalue weighted by Gasteiger charge is 2.05. The van der Waals surface area contributed by atoms with Gasteiger partial charge in [-0.3, -0.25) is 0 Å². The molecule has 1 aromatic rings. The van der Waals surface area contributed by atoms with Crippen LogP contribution in [0.3, 0.4) is 0 Å². The van der Waals surface area contributed by atoms with Crippen molar-refractivity contribution >= 4 is 5.69 Å². The quantitative estimate of drug-likeness (QED) is 0.678. The highest BCUT2D eigenvalue weighted by molar-refractivity contribution is 5.49. The third-order valence-electron chi connectivity index (χ3n) is 2.43. The number of anilines is 1. The number of nitrogens with zero attached hydrogens (tertiary/aromatic N) is 1. The van der Waals surface area contributed by atoms with Gasteiger partial charge in [0, 0.05) is 18.8 Å². The molecule has 2 heteroatoms. The Morgan fingerprint density at radius 2 is 1.93 bits per heavy atom. The summed E-state index contributed by atoms with van der Waals surface area (Å²) in [4.78, 5) is 2.16. The van der Waals surface area contributed by atoms with E-state index in [0.717, 1.165) is 5.75 Å². The first kappa shape index (κ1) is 10.6. The predicted molar refractivity (Wildman–Crippen MR) is 61.1 cm³/mol. The molecule has 1 unspecified atom stereocenters. The van der Waals surface area contributed by atoms with E-state index in [1.807, 2.05) is 37.4 Å². The lowest BCUT2D eigenvalue weighted by molar-refractivity contribution is 0.415. The summed E-state index contributed by atoms with van der Waals surface area (Å²) in [7, 11) is 3.72. The van der Waals surface area contributed by atoms with E-state index in [1.165, 1.54) is 5.69 Å². The van der Waals surface area contributed by atoms with Gasteiger partial charge in [-0.15, -0.1) is 6.58 Å². The SMILES string of the molecule is C=CC(C)N(C)c1ccc(OC)cc1. The molecule has 14 heavy (non-hydrogen) atoms. The third-order valence-corrected chi connectivity index (χ3v) is 2.43. The molecule has 2 nitrogen and oxygen atoms in total. The van der Waals surface area contributed by atoms with Gasteiger partial charge in [0.15, 0.2) is 0 Å². The van der Waals surface area contributed by atoms with Crippen molar-refractivity contribution in [2.24, 2.45) is 0 Å². The van der Waals surface area contributed by atoms with E-state index in [9.17, 15) is 0 Å². The van der Waals surface area contributed by atoms with Gasteiger partial charge in [-0.2, -0.15) is 0 Å². The molecule has 0 fully saturated rings. The first-order chi connectivity index (χ1) is 6.69. The molecule has 0 aliphatic heterocycles. The van der Waals surface area contributed by atoms with E-state index in [1.54, 1.807) is 7.11 Å². The van der Waals surface area contributed by atoms with Crippen LogP contribution in [-0.2, 0) is 0 Å². The second-order valence-electron chi connectivity index (χ2n) is 3.29. The van der Waals surface area contributed by atoms with Crippen LogP contribution in [0.15, 0.2) is 36.9 Å².